The molecule has 0 aromatic heterocycles. The van der Waals surface area contributed by atoms with Gasteiger partial charge in [0.15, 0.2) is 0 Å². The average Bonchev–Trinajstić information content (AvgIpc) is 2.46. The van der Waals surface area contributed by atoms with E-state index < -0.39 is 17.9 Å². The van der Waals surface area contributed by atoms with Crippen molar-refractivity contribution < 1.29 is 24.2 Å². The van der Waals surface area contributed by atoms with Crippen molar-refractivity contribution in [3.63, 3.8) is 0 Å². The van der Waals surface area contributed by atoms with Crippen LogP contribution in [0.15, 0.2) is 24.8 Å². The predicted octanol–water partition coefficient (Wildman–Crippen LogP) is 1.77. The fourth-order valence-electron chi connectivity index (χ4n) is 1.85. The van der Waals surface area contributed by atoms with Crippen LogP contribution in [0.1, 0.15) is 22.3 Å². The van der Waals surface area contributed by atoms with Gasteiger partial charge in [0.05, 0.1) is 14.2 Å². The molecule has 114 valence electrons. The standard InChI is InChI=1S/C15H19NO5/c1-5-6-11(15(18)19)16-14(17)10-7-12(20-3)9(2)13(8-10)21-4/h5,7-8,11H,1,6H2,2-4H3,(H,16,17)(H,18,19). The third-order valence-electron chi connectivity index (χ3n) is 3.02. The van der Waals surface area contributed by atoms with Crippen molar-refractivity contribution in [2.24, 2.45) is 0 Å². The van der Waals surface area contributed by atoms with E-state index >= 15 is 0 Å². The molecule has 21 heavy (non-hydrogen) atoms. The fraction of sp³-hybridized carbons (Fsp3) is 0.333. The Bertz CT molecular complexity index is 528. The van der Waals surface area contributed by atoms with Crippen LogP contribution in [0.3, 0.4) is 0 Å². The molecule has 0 radical (unpaired) electrons. The Kier molecular flexibility index (Phi) is 5.78. The number of hydrogen-bond donors (Lipinski definition) is 2. The molecule has 1 amide bonds. The summed E-state index contributed by atoms with van der Waals surface area (Å²) in [5, 5.41) is 11.5. The summed E-state index contributed by atoms with van der Waals surface area (Å²) in [5.74, 6) is -0.639. The number of carbonyl (C=O) groups excluding carboxylic acids is 1. The predicted molar refractivity (Wildman–Crippen MR) is 78.0 cm³/mol. The number of ether oxygens (including phenoxy) is 2. The van der Waals surface area contributed by atoms with Crippen molar-refractivity contribution in [2.45, 2.75) is 19.4 Å². The van der Waals surface area contributed by atoms with Crippen LogP contribution in [0.4, 0.5) is 0 Å². The first-order valence-corrected chi connectivity index (χ1v) is 6.31. The number of amides is 1. The van der Waals surface area contributed by atoms with E-state index in [1.54, 1.807) is 19.1 Å². The second-order valence-corrected chi connectivity index (χ2v) is 4.39. The number of rotatable bonds is 7. The van der Waals surface area contributed by atoms with Crippen LogP contribution in [0.2, 0.25) is 0 Å². The molecule has 1 rings (SSSR count). The second kappa shape index (κ2) is 7.33. The molecule has 1 unspecified atom stereocenters. The molecular formula is C15H19NO5. The van der Waals surface area contributed by atoms with E-state index in [-0.39, 0.29) is 12.0 Å². The van der Waals surface area contributed by atoms with Crippen LogP contribution in [0, 0.1) is 6.92 Å². The maximum absolute atomic E-state index is 12.2. The smallest absolute Gasteiger partial charge is 0.326 e. The molecule has 1 aromatic rings. The third kappa shape index (κ3) is 3.98. The zero-order chi connectivity index (χ0) is 16.0. The Morgan fingerprint density at radius 2 is 1.86 bits per heavy atom. The second-order valence-electron chi connectivity index (χ2n) is 4.39. The van der Waals surface area contributed by atoms with Gasteiger partial charge in [-0.1, -0.05) is 6.08 Å². The lowest BCUT2D eigenvalue weighted by Crippen LogP contribution is -2.40. The Morgan fingerprint density at radius 1 is 1.33 bits per heavy atom. The SMILES string of the molecule is C=CCC(NC(=O)c1cc(OC)c(C)c(OC)c1)C(=O)O. The molecule has 0 saturated carbocycles. The van der Waals surface area contributed by atoms with Crippen LogP contribution < -0.4 is 14.8 Å². The number of hydrogen-bond acceptors (Lipinski definition) is 4. The molecule has 1 aromatic carbocycles. The summed E-state index contributed by atoms with van der Waals surface area (Å²) >= 11 is 0. The largest absolute Gasteiger partial charge is 0.496 e. The molecule has 2 N–H and O–H groups in total. The highest BCUT2D eigenvalue weighted by atomic mass is 16.5. The molecule has 6 nitrogen and oxygen atoms in total. The van der Waals surface area contributed by atoms with Gasteiger partial charge in [0.1, 0.15) is 17.5 Å². The lowest BCUT2D eigenvalue weighted by Gasteiger charge is -2.15. The van der Waals surface area contributed by atoms with Crippen molar-refractivity contribution in [1.29, 1.82) is 0 Å². The van der Waals surface area contributed by atoms with Gasteiger partial charge in [-0.15, -0.1) is 6.58 Å². The van der Waals surface area contributed by atoms with E-state index in [0.29, 0.717) is 11.5 Å². The molecule has 0 aliphatic heterocycles. The fourth-order valence-corrected chi connectivity index (χ4v) is 1.85. The molecular weight excluding hydrogens is 274 g/mol. The summed E-state index contributed by atoms with van der Waals surface area (Å²) in [7, 11) is 2.97. The first-order valence-electron chi connectivity index (χ1n) is 6.31. The number of carboxylic acids is 1. The van der Waals surface area contributed by atoms with E-state index in [2.05, 4.69) is 11.9 Å². The molecule has 0 aliphatic carbocycles. The quantitative estimate of drug-likeness (QED) is 0.748. The highest BCUT2D eigenvalue weighted by molar-refractivity contribution is 5.97. The van der Waals surface area contributed by atoms with Crippen LogP contribution >= 0.6 is 0 Å². The van der Waals surface area contributed by atoms with Crippen LogP contribution in [0.5, 0.6) is 11.5 Å². The molecule has 0 aliphatic rings. The zero-order valence-electron chi connectivity index (χ0n) is 12.3. The van der Waals surface area contributed by atoms with Gasteiger partial charge >= 0.3 is 5.97 Å². The van der Waals surface area contributed by atoms with Crippen molar-refractivity contribution in [2.75, 3.05) is 14.2 Å². The minimum Gasteiger partial charge on any atom is -0.496 e. The lowest BCUT2D eigenvalue weighted by atomic mass is 10.1. The van der Waals surface area contributed by atoms with Gasteiger partial charge in [-0.25, -0.2) is 4.79 Å². The Hall–Kier alpha value is -2.50. The van der Waals surface area contributed by atoms with Crippen molar-refractivity contribution in [3.05, 3.63) is 35.9 Å². The first kappa shape index (κ1) is 16.6. The summed E-state index contributed by atoms with van der Waals surface area (Å²) in [4.78, 5) is 23.2. The van der Waals surface area contributed by atoms with E-state index in [4.69, 9.17) is 14.6 Å². The number of aliphatic carboxylic acids is 1. The maximum atomic E-state index is 12.2. The van der Waals surface area contributed by atoms with Crippen molar-refractivity contribution in [3.8, 4) is 11.5 Å². The maximum Gasteiger partial charge on any atom is 0.326 e. The van der Waals surface area contributed by atoms with Crippen LogP contribution in [0.25, 0.3) is 0 Å². The van der Waals surface area contributed by atoms with Gasteiger partial charge < -0.3 is 19.9 Å². The molecule has 0 heterocycles. The van der Waals surface area contributed by atoms with Crippen LogP contribution in [-0.4, -0.2) is 37.2 Å². The van der Waals surface area contributed by atoms with E-state index in [1.165, 1.54) is 20.3 Å². The number of nitrogens with one attached hydrogen (secondary N) is 1. The molecule has 1 atom stereocenters. The number of carboxylic acid groups (broad SMARTS) is 1. The molecule has 0 spiro atoms. The van der Waals surface area contributed by atoms with Crippen molar-refractivity contribution in [1.82, 2.24) is 5.32 Å². The highest BCUT2D eigenvalue weighted by Crippen LogP contribution is 2.29. The third-order valence-corrected chi connectivity index (χ3v) is 3.02. The van der Waals surface area contributed by atoms with Gasteiger partial charge in [0.25, 0.3) is 5.91 Å². The first-order chi connectivity index (χ1) is 9.94. The monoisotopic (exact) mass is 293 g/mol. The van der Waals surface area contributed by atoms with Crippen molar-refractivity contribution >= 4 is 11.9 Å². The number of benzene rings is 1. The highest BCUT2D eigenvalue weighted by Gasteiger charge is 2.20. The Labute approximate surface area is 123 Å². The molecule has 0 bridgehead atoms. The van der Waals surface area contributed by atoms with Gasteiger partial charge in [0.2, 0.25) is 0 Å². The van der Waals surface area contributed by atoms with Gasteiger partial charge in [-0.3, -0.25) is 4.79 Å². The number of methoxy groups -OCH3 is 2. The average molecular weight is 293 g/mol. The minimum absolute atomic E-state index is 0.140. The van der Waals surface area contributed by atoms with Crippen LogP contribution in [-0.2, 0) is 4.79 Å². The normalized spacial score (nSPS) is 11.4. The zero-order valence-corrected chi connectivity index (χ0v) is 12.3. The number of carbonyl (C=O) groups is 2. The van der Waals surface area contributed by atoms with Gasteiger partial charge in [0, 0.05) is 11.1 Å². The van der Waals surface area contributed by atoms with Gasteiger partial charge in [-0.2, -0.15) is 0 Å². The van der Waals surface area contributed by atoms with E-state index in [9.17, 15) is 9.59 Å². The Balaban J connectivity index is 3.06. The summed E-state index contributed by atoms with van der Waals surface area (Å²) in [5.41, 5.74) is 1.03. The summed E-state index contributed by atoms with van der Waals surface area (Å²) in [6.45, 7) is 5.28. The van der Waals surface area contributed by atoms with Gasteiger partial charge in [-0.05, 0) is 25.5 Å². The van der Waals surface area contributed by atoms with E-state index in [1.807, 2.05) is 0 Å². The molecule has 6 heteroatoms. The lowest BCUT2D eigenvalue weighted by molar-refractivity contribution is -0.139. The summed E-state index contributed by atoms with van der Waals surface area (Å²) in [6.07, 6.45) is 1.58. The molecule has 0 saturated heterocycles. The Morgan fingerprint density at radius 3 is 2.24 bits per heavy atom. The van der Waals surface area contributed by atoms with E-state index in [0.717, 1.165) is 5.56 Å². The topological polar surface area (TPSA) is 84.9 Å². The summed E-state index contributed by atoms with van der Waals surface area (Å²) < 4.78 is 10.4. The molecule has 0 fully saturated rings. The summed E-state index contributed by atoms with van der Waals surface area (Å²) in [6, 6.07) is 2.06. The minimum atomic E-state index is -1.12.